The largest absolute Gasteiger partial charge is 0.381 e. The van der Waals surface area contributed by atoms with Gasteiger partial charge < -0.3 is 15.4 Å². The first-order valence-electron chi connectivity index (χ1n) is 8.69. The Morgan fingerprint density at radius 3 is 2.50 bits per heavy atom. The fraction of sp³-hybridized carbons (Fsp3) is 0.765. The van der Waals surface area contributed by atoms with E-state index in [0.717, 1.165) is 70.1 Å². The van der Waals surface area contributed by atoms with Gasteiger partial charge in [0, 0.05) is 44.4 Å². The molecular formula is C17H33IN4OS. The zero-order valence-corrected chi connectivity index (χ0v) is 18.4. The number of rotatable bonds is 12. The van der Waals surface area contributed by atoms with Gasteiger partial charge in [0.15, 0.2) is 5.96 Å². The first-order chi connectivity index (χ1) is 11.3. The zero-order chi connectivity index (χ0) is 16.8. The Bertz CT molecular complexity index is 440. The molecule has 1 aromatic heterocycles. The van der Waals surface area contributed by atoms with Gasteiger partial charge in [0.25, 0.3) is 0 Å². The molecule has 5 nitrogen and oxygen atoms in total. The molecule has 0 atom stereocenters. The first-order valence-corrected chi connectivity index (χ1v) is 9.57. The number of aliphatic imine (C=N–C) groups is 1. The Hall–Kier alpha value is -0.410. The van der Waals surface area contributed by atoms with E-state index >= 15 is 0 Å². The molecule has 0 aliphatic heterocycles. The molecule has 0 bridgehead atoms. The molecule has 2 N–H and O–H groups in total. The third-order valence-corrected chi connectivity index (χ3v) is 4.43. The van der Waals surface area contributed by atoms with E-state index < -0.39 is 0 Å². The van der Waals surface area contributed by atoms with Crippen molar-refractivity contribution >= 4 is 41.3 Å². The van der Waals surface area contributed by atoms with E-state index in [9.17, 15) is 0 Å². The van der Waals surface area contributed by atoms with E-state index in [0.29, 0.717) is 0 Å². The number of ether oxygens (including phenoxy) is 1. The van der Waals surface area contributed by atoms with E-state index in [2.05, 4.69) is 32.9 Å². The molecule has 24 heavy (non-hydrogen) atoms. The molecule has 0 fully saturated rings. The van der Waals surface area contributed by atoms with E-state index in [1.165, 1.54) is 11.4 Å². The van der Waals surface area contributed by atoms with Gasteiger partial charge in [-0.15, -0.1) is 35.3 Å². The van der Waals surface area contributed by atoms with Crippen molar-refractivity contribution in [1.29, 1.82) is 0 Å². The summed E-state index contributed by atoms with van der Waals surface area (Å²) in [5.41, 5.74) is 1.13. The molecule has 1 rings (SSSR count). The summed E-state index contributed by atoms with van der Waals surface area (Å²) in [6.07, 6.45) is 6.70. The van der Waals surface area contributed by atoms with Crippen molar-refractivity contribution in [3.63, 3.8) is 0 Å². The monoisotopic (exact) mass is 468 g/mol. The number of hydrogen-bond donors (Lipinski definition) is 2. The summed E-state index contributed by atoms with van der Waals surface area (Å²) < 4.78 is 5.54. The van der Waals surface area contributed by atoms with Gasteiger partial charge in [0.1, 0.15) is 0 Å². The summed E-state index contributed by atoms with van der Waals surface area (Å²) in [6, 6.07) is 0. The highest BCUT2D eigenvalue weighted by Gasteiger charge is 2.00. The van der Waals surface area contributed by atoms with E-state index in [4.69, 9.17) is 4.74 Å². The third-order valence-electron chi connectivity index (χ3n) is 3.40. The molecule has 7 heteroatoms. The van der Waals surface area contributed by atoms with Crippen LogP contribution in [-0.2, 0) is 11.2 Å². The fourth-order valence-corrected chi connectivity index (χ4v) is 2.89. The van der Waals surface area contributed by atoms with Gasteiger partial charge >= 0.3 is 0 Å². The van der Waals surface area contributed by atoms with Crippen molar-refractivity contribution in [2.45, 2.75) is 52.4 Å². The van der Waals surface area contributed by atoms with Crippen LogP contribution in [0.4, 0.5) is 0 Å². The minimum absolute atomic E-state index is 0. The first kappa shape index (κ1) is 23.6. The normalized spacial score (nSPS) is 11.2. The second kappa shape index (κ2) is 16.1. The van der Waals surface area contributed by atoms with E-state index in [1.54, 1.807) is 11.3 Å². The molecular weight excluding hydrogens is 435 g/mol. The lowest BCUT2D eigenvalue weighted by atomic mass is 10.2. The van der Waals surface area contributed by atoms with Crippen LogP contribution >= 0.6 is 35.3 Å². The molecule has 0 unspecified atom stereocenters. The van der Waals surface area contributed by atoms with Crippen LogP contribution in [0.5, 0.6) is 0 Å². The van der Waals surface area contributed by atoms with Crippen LogP contribution in [0.3, 0.4) is 0 Å². The quantitative estimate of drug-likeness (QED) is 0.212. The van der Waals surface area contributed by atoms with E-state index in [-0.39, 0.29) is 24.0 Å². The van der Waals surface area contributed by atoms with Gasteiger partial charge in [-0.3, -0.25) is 4.99 Å². The molecule has 140 valence electrons. The topological polar surface area (TPSA) is 58.5 Å². The smallest absolute Gasteiger partial charge is 0.190 e. The standard InChI is InChI=1S/C17H32N4OS.HI/c1-4-5-12-22-13-8-11-20-17(18-3)19-10-7-6-9-16-21-15(2)14-23-16;/h14H,4-13H2,1-3H3,(H2,18,19,20);1H. The van der Waals surface area contributed by atoms with Crippen LogP contribution in [0.1, 0.15) is 49.7 Å². The molecule has 0 aromatic carbocycles. The van der Waals surface area contributed by atoms with Crippen LogP contribution in [0, 0.1) is 6.92 Å². The number of guanidine groups is 1. The van der Waals surface area contributed by atoms with Crippen LogP contribution in [0.25, 0.3) is 0 Å². The van der Waals surface area contributed by atoms with Gasteiger partial charge in [-0.05, 0) is 39.0 Å². The van der Waals surface area contributed by atoms with Crippen molar-refractivity contribution in [1.82, 2.24) is 15.6 Å². The highest BCUT2D eigenvalue weighted by molar-refractivity contribution is 14.0. The van der Waals surface area contributed by atoms with Crippen molar-refractivity contribution in [2.75, 3.05) is 33.4 Å². The van der Waals surface area contributed by atoms with Crippen molar-refractivity contribution < 1.29 is 4.74 Å². The molecule has 1 aromatic rings. The molecule has 0 aliphatic rings. The summed E-state index contributed by atoms with van der Waals surface area (Å²) in [7, 11) is 1.81. The molecule has 0 saturated carbocycles. The van der Waals surface area contributed by atoms with Crippen molar-refractivity contribution in [3.8, 4) is 0 Å². The molecule has 0 amide bonds. The Kier molecular flexibility index (Phi) is 15.8. The Morgan fingerprint density at radius 1 is 1.17 bits per heavy atom. The Morgan fingerprint density at radius 2 is 1.88 bits per heavy atom. The van der Waals surface area contributed by atoms with Crippen LogP contribution < -0.4 is 10.6 Å². The highest BCUT2D eigenvalue weighted by atomic mass is 127. The minimum atomic E-state index is 0. The number of nitrogens with one attached hydrogen (secondary N) is 2. The molecule has 0 aliphatic carbocycles. The number of thiazole rings is 1. The Balaban J connectivity index is 0.00000529. The van der Waals surface area contributed by atoms with Gasteiger partial charge in [-0.2, -0.15) is 0 Å². The van der Waals surface area contributed by atoms with Crippen molar-refractivity contribution in [3.05, 3.63) is 16.1 Å². The Labute approximate surface area is 168 Å². The number of hydrogen-bond acceptors (Lipinski definition) is 4. The summed E-state index contributed by atoms with van der Waals surface area (Å²) in [5, 5.41) is 10.0. The predicted octanol–water partition coefficient (Wildman–Crippen LogP) is 3.76. The predicted molar refractivity (Wildman–Crippen MR) is 115 cm³/mol. The van der Waals surface area contributed by atoms with E-state index in [1.807, 2.05) is 14.0 Å². The number of halogens is 1. The summed E-state index contributed by atoms with van der Waals surface area (Å²) >= 11 is 1.76. The van der Waals surface area contributed by atoms with Gasteiger partial charge in [0.2, 0.25) is 0 Å². The number of aryl methyl sites for hydroxylation is 2. The maximum absolute atomic E-state index is 5.54. The molecule has 0 spiro atoms. The summed E-state index contributed by atoms with van der Waals surface area (Å²) in [5.74, 6) is 0.878. The lowest BCUT2D eigenvalue weighted by molar-refractivity contribution is 0.129. The van der Waals surface area contributed by atoms with Gasteiger partial charge in [-0.1, -0.05) is 13.3 Å². The maximum atomic E-state index is 5.54. The average Bonchev–Trinajstić information content (AvgIpc) is 2.97. The summed E-state index contributed by atoms with van der Waals surface area (Å²) in [4.78, 5) is 8.72. The molecule has 1 heterocycles. The maximum Gasteiger partial charge on any atom is 0.190 e. The van der Waals surface area contributed by atoms with Crippen LogP contribution in [0.2, 0.25) is 0 Å². The fourth-order valence-electron chi connectivity index (χ4n) is 2.08. The molecule has 0 saturated heterocycles. The number of aromatic nitrogens is 1. The van der Waals surface area contributed by atoms with Crippen LogP contribution in [-0.4, -0.2) is 44.3 Å². The third kappa shape index (κ3) is 12.0. The van der Waals surface area contributed by atoms with Gasteiger partial charge in [0.05, 0.1) is 5.01 Å². The number of unbranched alkanes of at least 4 members (excludes halogenated alkanes) is 2. The average molecular weight is 468 g/mol. The summed E-state index contributed by atoms with van der Waals surface area (Å²) in [6.45, 7) is 7.76. The van der Waals surface area contributed by atoms with Crippen LogP contribution in [0.15, 0.2) is 10.4 Å². The lowest BCUT2D eigenvalue weighted by Crippen LogP contribution is -2.38. The van der Waals surface area contributed by atoms with Crippen molar-refractivity contribution in [2.24, 2.45) is 4.99 Å². The van der Waals surface area contributed by atoms with Gasteiger partial charge in [-0.25, -0.2) is 4.98 Å². The SMILES string of the molecule is CCCCOCCCNC(=NC)NCCCCc1nc(C)cs1.I. The highest BCUT2D eigenvalue weighted by Crippen LogP contribution is 2.11. The second-order valence-electron chi connectivity index (χ2n) is 5.58. The lowest BCUT2D eigenvalue weighted by Gasteiger charge is -2.11. The minimum Gasteiger partial charge on any atom is -0.381 e. The second-order valence-corrected chi connectivity index (χ2v) is 6.53. The zero-order valence-electron chi connectivity index (χ0n) is 15.3. The number of nitrogens with zero attached hydrogens (tertiary/aromatic N) is 2. The molecule has 0 radical (unpaired) electrons.